The van der Waals surface area contributed by atoms with Gasteiger partial charge >= 0.3 is 0 Å². The van der Waals surface area contributed by atoms with Crippen molar-refractivity contribution in [2.45, 2.75) is 20.3 Å². The van der Waals surface area contributed by atoms with Gasteiger partial charge in [-0.3, -0.25) is 9.59 Å². The summed E-state index contributed by atoms with van der Waals surface area (Å²) in [6.07, 6.45) is 0.189. The fourth-order valence-corrected chi connectivity index (χ4v) is 3.10. The molecule has 1 aliphatic heterocycles. The number of benzene rings is 2. The van der Waals surface area contributed by atoms with Crippen LogP contribution < -0.4 is 15.0 Å². The van der Waals surface area contributed by atoms with E-state index in [1.54, 1.807) is 35.2 Å². The largest absolute Gasteiger partial charge is 0.494 e. The number of carbonyl (C=O) groups is 2. The van der Waals surface area contributed by atoms with Crippen LogP contribution in [0.4, 0.5) is 11.4 Å². The molecule has 1 atom stereocenters. The summed E-state index contributed by atoms with van der Waals surface area (Å²) in [7, 11) is 0. The molecule has 0 aliphatic carbocycles. The molecule has 1 aliphatic rings. The van der Waals surface area contributed by atoms with E-state index in [9.17, 15) is 9.59 Å². The first-order chi connectivity index (χ1) is 12.5. The molecule has 5 nitrogen and oxygen atoms in total. The van der Waals surface area contributed by atoms with Crippen LogP contribution in [0.2, 0.25) is 5.02 Å². The Hall–Kier alpha value is -2.53. The number of carbonyl (C=O) groups excluding carboxylic acids is 2. The van der Waals surface area contributed by atoms with Crippen molar-refractivity contribution in [3.05, 3.63) is 53.1 Å². The Kier molecular flexibility index (Phi) is 5.47. The number of halogens is 1. The maximum Gasteiger partial charge on any atom is 0.229 e. The zero-order valence-corrected chi connectivity index (χ0v) is 15.5. The molecule has 3 rings (SSSR count). The van der Waals surface area contributed by atoms with E-state index < -0.39 is 5.92 Å². The Morgan fingerprint density at radius 3 is 2.65 bits per heavy atom. The van der Waals surface area contributed by atoms with Gasteiger partial charge in [-0.1, -0.05) is 17.7 Å². The van der Waals surface area contributed by atoms with E-state index in [4.69, 9.17) is 16.3 Å². The number of nitrogens with one attached hydrogen (secondary N) is 1. The smallest absolute Gasteiger partial charge is 0.229 e. The molecule has 0 radical (unpaired) electrons. The summed E-state index contributed by atoms with van der Waals surface area (Å²) in [5.74, 6) is 0.123. The molecule has 1 N–H and O–H groups in total. The number of nitrogens with zero attached hydrogens (tertiary/aromatic N) is 1. The fourth-order valence-electron chi connectivity index (χ4n) is 2.93. The van der Waals surface area contributed by atoms with E-state index in [-0.39, 0.29) is 18.2 Å². The number of hydrogen-bond acceptors (Lipinski definition) is 3. The average Bonchev–Trinajstić information content (AvgIpc) is 3.01. The lowest BCUT2D eigenvalue weighted by molar-refractivity contribution is -0.122. The quantitative estimate of drug-likeness (QED) is 0.861. The standard InChI is InChI=1S/C20H21ClN2O3/c1-3-26-17-8-5-15(6-9-17)22-20(25)14-10-19(24)23(12-14)16-7-4-13(2)18(21)11-16/h4-9,11,14H,3,10,12H2,1-2H3,(H,22,25)/t14-/m0/s1. The Balaban J connectivity index is 1.65. The van der Waals surface area contributed by atoms with Gasteiger partial charge in [0.2, 0.25) is 11.8 Å². The van der Waals surface area contributed by atoms with Gasteiger partial charge in [0.25, 0.3) is 0 Å². The van der Waals surface area contributed by atoms with E-state index in [0.29, 0.717) is 23.9 Å². The molecule has 1 heterocycles. The minimum absolute atomic E-state index is 0.0724. The van der Waals surface area contributed by atoms with Crippen molar-refractivity contribution >= 4 is 34.8 Å². The van der Waals surface area contributed by atoms with Gasteiger partial charge in [-0.05, 0) is 55.8 Å². The van der Waals surface area contributed by atoms with E-state index in [0.717, 1.165) is 17.0 Å². The van der Waals surface area contributed by atoms with Crippen LogP contribution in [0.3, 0.4) is 0 Å². The fraction of sp³-hybridized carbons (Fsp3) is 0.300. The summed E-state index contributed by atoms with van der Waals surface area (Å²) in [5.41, 5.74) is 2.36. The molecule has 0 bridgehead atoms. The minimum atomic E-state index is -0.394. The van der Waals surface area contributed by atoms with Crippen molar-refractivity contribution in [3.8, 4) is 5.75 Å². The molecule has 1 fully saturated rings. The first-order valence-electron chi connectivity index (χ1n) is 8.58. The van der Waals surface area contributed by atoms with Gasteiger partial charge in [0.05, 0.1) is 12.5 Å². The molecular formula is C20H21ClN2O3. The lowest BCUT2D eigenvalue weighted by Crippen LogP contribution is -2.28. The van der Waals surface area contributed by atoms with Crippen molar-refractivity contribution in [1.29, 1.82) is 0 Å². The van der Waals surface area contributed by atoms with Crippen LogP contribution in [-0.4, -0.2) is 25.0 Å². The van der Waals surface area contributed by atoms with E-state index >= 15 is 0 Å². The van der Waals surface area contributed by atoms with E-state index in [1.165, 1.54) is 0 Å². The SMILES string of the molecule is CCOc1ccc(NC(=O)[C@H]2CC(=O)N(c3ccc(C)c(Cl)c3)C2)cc1. The van der Waals surface area contributed by atoms with Gasteiger partial charge in [-0.15, -0.1) is 0 Å². The molecule has 0 saturated carbocycles. The van der Waals surface area contributed by atoms with Gasteiger partial charge in [0, 0.05) is 29.4 Å². The van der Waals surface area contributed by atoms with Gasteiger partial charge in [0.15, 0.2) is 0 Å². The molecule has 2 aromatic rings. The monoisotopic (exact) mass is 372 g/mol. The molecule has 136 valence electrons. The van der Waals surface area contributed by atoms with Crippen LogP contribution in [0.25, 0.3) is 0 Å². The highest BCUT2D eigenvalue weighted by Gasteiger charge is 2.35. The lowest BCUT2D eigenvalue weighted by Gasteiger charge is -2.17. The zero-order valence-electron chi connectivity index (χ0n) is 14.8. The maximum atomic E-state index is 12.5. The van der Waals surface area contributed by atoms with Crippen molar-refractivity contribution < 1.29 is 14.3 Å². The third-order valence-corrected chi connectivity index (χ3v) is 4.80. The minimum Gasteiger partial charge on any atom is -0.494 e. The second-order valence-corrected chi connectivity index (χ2v) is 6.69. The molecule has 0 unspecified atom stereocenters. The number of ether oxygens (including phenoxy) is 1. The second-order valence-electron chi connectivity index (χ2n) is 6.29. The highest BCUT2D eigenvalue weighted by molar-refractivity contribution is 6.31. The lowest BCUT2D eigenvalue weighted by atomic mass is 10.1. The molecule has 2 aromatic carbocycles. The number of hydrogen-bond donors (Lipinski definition) is 1. The molecule has 0 spiro atoms. The number of anilines is 2. The van der Waals surface area contributed by atoms with Gasteiger partial charge in [-0.2, -0.15) is 0 Å². The topological polar surface area (TPSA) is 58.6 Å². The molecule has 26 heavy (non-hydrogen) atoms. The van der Waals surface area contributed by atoms with Crippen LogP contribution >= 0.6 is 11.6 Å². The van der Waals surface area contributed by atoms with Crippen LogP contribution in [0.15, 0.2) is 42.5 Å². The maximum absolute atomic E-state index is 12.5. The van der Waals surface area contributed by atoms with Gasteiger partial charge in [-0.25, -0.2) is 0 Å². The third kappa shape index (κ3) is 3.99. The van der Waals surface area contributed by atoms with Crippen molar-refractivity contribution in [2.24, 2.45) is 5.92 Å². The summed E-state index contributed by atoms with van der Waals surface area (Å²) in [6.45, 7) is 4.76. The Morgan fingerprint density at radius 2 is 2.00 bits per heavy atom. The first-order valence-corrected chi connectivity index (χ1v) is 8.96. The zero-order chi connectivity index (χ0) is 18.7. The Labute approximate surface area is 157 Å². The summed E-state index contributed by atoms with van der Waals surface area (Å²) in [6, 6.07) is 12.7. The Bertz CT molecular complexity index is 820. The Morgan fingerprint density at radius 1 is 1.27 bits per heavy atom. The molecule has 0 aromatic heterocycles. The summed E-state index contributed by atoms with van der Waals surface area (Å²) in [4.78, 5) is 26.5. The summed E-state index contributed by atoms with van der Waals surface area (Å²) in [5, 5.41) is 3.48. The van der Waals surface area contributed by atoms with Crippen LogP contribution in [0.1, 0.15) is 18.9 Å². The van der Waals surface area contributed by atoms with Crippen LogP contribution in [0.5, 0.6) is 5.75 Å². The highest BCUT2D eigenvalue weighted by Crippen LogP contribution is 2.29. The normalized spacial score (nSPS) is 16.7. The number of rotatable bonds is 5. The van der Waals surface area contributed by atoms with E-state index in [2.05, 4.69) is 5.32 Å². The van der Waals surface area contributed by atoms with Gasteiger partial charge < -0.3 is 15.0 Å². The number of aryl methyl sites for hydroxylation is 1. The van der Waals surface area contributed by atoms with Crippen LogP contribution in [0, 0.1) is 12.8 Å². The van der Waals surface area contributed by atoms with Crippen molar-refractivity contribution in [3.63, 3.8) is 0 Å². The molecule has 2 amide bonds. The number of amides is 2. The highest BCUT2D eigenvalue weighted by atomic mass is 35.5. The van der Waals surface area contributed by atoms with Crippen molar-refractivity contribution in [2.75, 3.05) is 23.4 Å². The average molecular weight is 373 g/mol. The van der Waals surface area contributed by atoms with E-state index in [1.807, 2.05) is 26.0 Å². The third-order valence-electron chi connectivity index (χ3n) is 4.40. The first kappa shape index (κ1) is 18.3. The van der Waals surface area contributed by atoms with Gasteiger partial charge in [0.1, 0.15) is 5.75 Å². The summed E-state index contributed by atoms with van der Waals surface area (Å²) >= 11 is 6.15. The predicted molar refractivity (Wildman–Crippen MR) is 103 cm³/mol. The molecular weight excluding hydrogens is 352 g/mol. The molecule has 6 heteroatoms. The van der Waals surface area contributed by atoms with Crippen LogP contribution in [-0.2, 0) is 9.59 Å². The van der Waals surface area contributed by atoms with Crippen molar-refractivity contribution in [1.82, 2.24) is 0 Å². The molecule has 1 saturated heterocycles. The second kappa shape index (κ2) is 7.79. The predicted octanol–water partition coefficient (Wildman–Crippen LogP) is 4.04. The summed E-state index contributed by atoms with van der Waals surface area (Å²) < 4.78 is 5.39.